The van der Waals surface area contributed by atoms with Gasteiger partial charge < -0.3 is 0 Å². The lowest BCUT2D eigenvalue weighted by atomic mass is 10.1. The van der Waals surface area contributed by atoms with Gasteiger partial charge in [-0.05, 0) is 17.7 Å². The summed E-state index contributed by atoms with van der Waals surface area (Å²) in [6.45, 7) is -0.278. The molecule has 0 atom stereocenters. The van der Waals surface area contributed by atoms with E-state index in [1.54, 1.807) is 0 Å². The van der Waals surface area contributed by atoms with Crippen LogP contribution in [-0.2, 0) is 0 Å². The molecule has 0 radical (unpaired) electrons. The van der Waals surface area contributed by atoms with Crippen molar-refractivity contribution in [3.63, 3.8) is 0 Å². The largest absolute Gasteiger partial charge is 0.294 e. The third-order valence-corrected chi connectivity index (χ3v) is 1.42. The molecule has 0 saturated heterocycles. The predicted octanol–water partition coefficient (Wildman–Crippen LogP) is 2.32. The molecule has 0 aromatic heterocycles. The van der Waals surface area contributed by atoms with Gasteiger partial charge in [-0.1, -0.05) is 17.2 Å². The number of hydrogen-bond acceptors (Lipinski definition) is 2. The number of benzene rings is 1. The topological polar surface area (TPSA) is 65.8 Å². The highest BCUT2D eigenvalue weighted by atomic mass is 19.1. The van der Waals surface area contributed by atoms with E-state index in [1.165, 1.54) is 18.2 Å². The van der Waals surface area contributed by atoms with Crippen molar-refractivity contribution >= 4 is 5.78 Å². The van der Waals surface area contributed by atoms with Gasteiger partial charge in [0.2, 0.25) is 0 Å². The van der Waals surface area contributed by atoms with Crippen molar-refractivity contribution in [2.24, 2.45) is 5.11 Å². The van der Waals surface area contributed by atoms with Crippen LogP contribution >= 0.6 is 0 Å². The molecule has 4 nitrogen and oxygen atoms in total. The Morgan fingerprint density at radius 3 is 3.00 bits per heavy atom. The Morgan fingerprint density at radius 1 is 1.62 bits per heavy atom. The van der Waals surface area contributed by atoms with Gasteiger partial charge in [-0.25, -0.2) is 4.39 Å². The molecular weight excluding hydrogens is 173 g/mol. The molecule has 0 fully saturated rings. The van der Waals surface area contributed by atoms with Crippen molar-refractivity contribution < 1.29 is 9.18 Å². The van der Waals surface area contributed by atoms with Gasteiger partial charge >= 0.3 is 0 Å². The first kappa shape index (κ1) is 9.22. The molecule has 0 spiro atoms. The summed E-state index contributed by atoms with van der Waals surface area (Å²) < 4.78 is 12.6. The maximum atomic E-state index is 12.6. The van der Waals surface area contributed by atoms with Gasteiger partial charge in [-0.2, -0.15) is 0 Å². The van der Waals surface area contributed by atoms with Crippen LogP contribution in [0.25, 0.3) is 10.4 Å². The summed E-state index contributed by atoms with van der Waals surface area (Å²) >= 11 is 0. The minimum Gasteiger partial charge on any atom is -0.294 e. The summed E-state index contributed by atoms with van der Waals surface area (Å²) in [4.78, 5) is 13.6. The van der Waals surface area contributed by atoms with Crippen molar-refractivity contribution in [3.8, 4) is 0 Å². The third kappa shape index (κ3) is 2.57. The Kier molecular flexibility index (Phi) is 3.00. The Hall–Kier alpha value is -1.87. The number of rotatable bonds is 3. The maximum absolute atomic E-state index is 12.6. The molecule has 5 heteroatoms. The molecule has 1 aromatic rings. The van der Waals surface area contributed by atoms with E-state index in [0.717, 1.165) is 6.07 Å². The van der Waals surface area contributed by atoms with Crippen LogP contribution in [0.3, 0.4) is 0 Å². The molecule has 0 unspecified atom stereocenters. The van der Waals surface area contributed by atoms with Gasteiger partial charge in [0.1, 0.15) is 5.82 Å². The highest BCUT2D eigenvalue weighted by molar-refractivity contribution is 5.97. The van der Waals surface area contributed by atoms with E-state index >= 15 is 0 Å². The standard InChI is InChI=1S/C8H6FN3O/c9-7-3-1-2-6(4-7)8(13)5-11-12-10/h1-4H,5H2. The van der Waals surface area contributed by atoms with Gasteiger partial charge in [-0.3, -0.25) is 4.79 Å². The quantitative estimate of drug-likeness (QED) is 0.304. The minimum atomic E-state index is -0.480. The SMILES string of the molecule is [N-]=[N+]=NCC(=O)c1cccc(F)c1. The van der Waals surface area contributed by atoms with Crippen molar-refractivity contribution in [2.75, 3.05) is 6.54 Å². The van der Waals surface area contributed by atoms with Gasteiger partial charge in [0.15, 0.2) is 5.78 Å². The minimum absolute atomic E-state index is 0.215. The fraction of sp³-hybridized carbons (Fsp3) is 0.125. The molecule has 0 N–H and O–H groups in total. The van der Waals surface area contributed by atoms with Gasteiger partial charge in [0.25, 0.3) is 0 Å². The number of ketones is 1. The number of carbonyl (C=O) groups excluding carboxylic acids is 1. The molecule has 13 heavy (non-hydrogen) atoms. The summed E-state index contributed by atoms with van der Waals surface area (Å²) in [5.74, 6) is -0.871. The second-order valence-electron chi connectivity index (χ2n) is 2.32. The Balaban J connectivity index is 2.82. The van der Waals surface area contributed by atoms with Crippen molar-refractivity contribution in [1.82, 2.24) is 0 Å². The molecular formula is C8H6FN3O. The Bertz CT molecular complexity index is 371. The van der Waals surface area contributed by atoms with Crippen LogP contribution in [0.4, 0.5) is 4.39 Å². The zero-order valence-corrected chi connectivity index (χ0v) is 6.64. The van der Waals surface area contributed by atoms with Crippen molar-refractivity contribution in [1.29, 1.82) is 0 Å². The Morgan fingerprint density at radius 2 is 2.38 bits per heavy atom. The highest BCUT2D eigenvalue weighted by Crippen LogP contribution is 2.04. The predicted molar refractivity (Wildman–Crippen MR) is 44.7 cm³/mol. The van der Waals surface area contributed by atoms with E-state index in [1.807, 2.05) is 0 Å². The maximum Gasteiger partial charge on any atom is 0.168 e. The second-order valence-corrected chi connectivity index (χ2v) is 2.32. The smallest absolute Gasteiger partial charge is 0.168 e. The van der Waals surface area contributed by atoms with Gasteiger partial charge in [0, 0.05) is 10.5 Å². The average molecular weight is 179 g/mol. The van der Waals surface area contributed by atoms with Crippen molar-refractivity contribution in [3.05, 3.63) is 46.1 Å². The lowest BCUT2D eigenvalue weighted by molar-refractivity contribution is 0.100. The molecule has 0 amide bonds. The monoisotopic (exact) mass is 179 g/mol. The van der Waals surface area contributed by atoms with Crippen molar-refractivity contribution in [2.45, 2.75) is 0 Å². The average Bonchev–Trinajstić information content (AvgIpc) is 2.14. The molecule has 0 aliphatic heterocycles. The van der Waals surface area contributed by atoms with E-state index < -0.39 is 11.6 Å². The molecule has 0 aliphatic carbocycles. The number of carbonyl (C=O) groups is 1. The van der Waals surface area contributed by atoms with E-state index in [-0.39, 0.29) is 12.1 Å². The van der Waals surface area contributed by atoms with Crippen LogP contribution in [-0.4, -0.2) is 12.3 Å². The van der Waals surface area contributed by atoms with Gasteiger partial charge in [-0.15, -0.1) is 0 Å². The number of hydrogen-bond donors (Lipinski definition) is 0. The molecule has 0 aliphatic rings. The summed E-state index contributed by atoms with van der Waals surface area (Å²) in [6, 6.07) is 5.25. The molecule has 1 rings (SSSR count). The lowest BCUT2D eigenvalue weighted by Crippen LogP contribution is -2.02. The zero-order chi connectivity index (χ0) is 9.68. The summed E-state index contributed by atoms with van der Waals surface area (Å²) in [7, 11) is 0. The van der Waals surface area contributed by atoms with E-state index in [4.69, 9.17) is 5.53 Å². The summed E-state index contributed by atoms with van der Waals surface area (Å²) in [6.07, 6.45) is 0. The molecule has 0 bridgehead atoms. The van der Waals surface area contributed by atoms with Crippen LogP contribution < -0.4 is 0 Å². The lowest BCUT2D eigenvalue weighted by Gasteiger charge is -1.95. The number of Topliss-reactive ketones (excluding diaryl/α,β-unsaturated/α-hetero) is 1. The molecule has 66 valence electrons. The first-order chi connectivity index (χ1) is 6.24. The van der Waals surface area contributed by atoms with Gasteiger partial charge in [0.05, 0.1) is 6.54 Å². The first-order valence-electron chi connectivity index (χ1n) is 3.53. The van der Waals surface area contributed by atoms with Crippen LogP contribution in [0.15, 0.2) is 29.4 Å². The Labute approximate surface area is 73.6 Å². The van der Waals surface area contributed by atoms with E-state index in [9.17, 15) is 9.18 Å². The fourth-order valence-electron chi connectivity index (χ4n) is 0.849. The van der Waals surface area contributed by atoms with Crippen LogP contribution in [0.2, 0.25) is 0 Å². The number of nitrogens with zero attached hydrogens (tertiary/aromatic N) is 3. The normalized spacial score (nSPS) is 9.00. The first-order valence-corrected chi connectivity index (χ1v) is 3.53. The number of azide groups is 1. The molecule has 0 saturated carbocycles. The summed E-state index contributed by atoms with van der Waals surface area (Å²) in [5, 5.41) is 3.09. The highest BCUT2D eigenvalue weighted by Gasteiger charge is 2.04. The second kappa shape index (κ2) is 4.23. The molecule has 1 aromatic carbocycles. The van der Waals surface area contributed by atoms with Crippen LogP contribution in [0.1, 0.15) is 10.4 Å². The molecule has 0 heterocycles. The van der Waals surface area contributed by atoms with Crippen LogP contribution in [0.5, 0.6) is 0 Å². The third-order valence-electron chi connectivity index (χ3n) is 1.42. The van der Waals surface area contributed by atoms with Crippen LogP contribution in [0, 0.1) is 5.82 Å². The number of halogens is 1. The fourth-order valence-corrected chi connectivity index (χ4v) is 0.849. The summed E-state index contributed by atoms with van der Waals surface area (Å²) in [5.41, 5.74) is 8.16. The van der Waals surface area contributed by atoms with E-state index in [0.29, 0.717) is 0 Å². The van der Waals surface area contributed by atoms with E-state index in [2.05, 4.69) is 10.0 Å². The zero-order valence-electron chi connectivity index (χ0n) is 6.64.